The molecule has 1 aromatic carbocycles. The van der Waals surface area contributed by atoms with Crippen LogP contribution in [0.3, 0.4) is 0 Å². The monoisotopic (exact) mass is 439 g/mol. The number of rotatable bonds is 4. The van der Waals surface area contributed by atoms with Crippen molar-refractivity contribution in [3.8, 4) is 5.75 Å². The molecule has 0 unspecified atom stereocenters. The van der Waals surface area contributed by atoms with Crippen LogP contribution in [0.15, 0.2) is 53.2 Å². The number of thiophene rings is 2. The van der Waals surface area contributed by atoms with Gasteiger partial charge in [-0.1, -0.05) is 18.2 Å². The Hall–Kier alpha value is -2.35. The van der Waals surface area contributed by atoms with E-state index in [2.05, 4.69) is 43.7 Å². The molecule has 0 bridgehead atoms. The number of piperazine rings is 1. The van der Waals surface area contributed by atoms with E-state index < -0.39 is 0 Å². The van der Waals surface area contributed by atoms with Gasteiger partial charge in [0.15, 0.2) is 0 Å². The number of carbonyl (C=O) groups excluding carboxylic acids is 1. The fraction of sp³-hybridized carbons (Fsp3) is 0.348. The van der Waals surface area contributed by atoms with Crippen LogP contribution in [0.2, 0.25) is 0 Å². The van der Waals surface area contributed by atoms with Gasteiger partial charge < -0.3 is 14.9 Å². The molecule has 0 spiro atoms. The highest BCUT2D eigenvalue weighted by Crippen LogP contribution is 2.39. The molecule has 4 heterocycles. The Kier molecular flexibility index (Phi) is 5.50. The van der Waals surface area contributed by atoms with Gasteiger partial charge in [-0.25, -0.2) is 0 Å². The molecule has 2 aromatic heterocycles. The van der Waals surface area contributed by atoms with Gasteiger partial charge in [-0.2, -0.15) is 0 Å². The van der Waals surface area contributed by atoms with Crippen molar-refractivity contribution >= 4 is 34.3 Å². The third kappa shape index (κ3) is 3.73. The van der Waals surface area contributed by atoms with E-state index in [-0.39, 0.29) is 11.9 Å². The van der Waals surface area contributed by atoms with E-state index in [0.29, 0.717) is 12.3 Å². The van der Waals surface area contributed by atoms with E-state index in [4.69, 9.17) is 0 Å². The second-order valence-electron chi connectivity index (χ2n) is 7.81. The Bertz CT molecular complexity index is 1010. The molecule has 5 nitrogen and oxygen atoms in total. The number of amides is 1. The smallest absolute Gasteiger partial charge is 0.237 e. The lowest BCUT2D eigenvalue weighted by atomic mass is 9.98. The van der Waals surface area contributed by atoms with Crippen molar-refractivity contribution < 1.29 is 9.90 Å². The second kappa shape index (κ2) is 8.41. The quantitative estimate of drug-likeness (QED) is 0.672. The highest BCUT2D eigenvalue weighted by molar-refractivity contribution is 7.10. The van der Waals surface area contributed by atoms with E-state index in [1.807, 2.05) is 18.2 Å². The first-order chi connectivity index (χ1) is 14.7. The van der Waals surface area contributed by atoms with Crippen molar-refractivity contribution in [3.05, 3.63) is 68.5 Å². The van der Waals surface area contributed by atoms with Crippen LogP contribution in [0.4, 0.5) is 5.69 Å². The lowest BCUT2D eigenvalue weighted by Crippen LogP contribution is -2.51. The Balaban J connectivity index is 1.26. The van der Waals surface area contributed by atoms with Crippen molar-refractivity contribution in [3.63, 3.8) is 0 Å². The van der Waals surface area contributed by atoms with Gasteiger partial charge in [0.05, 0.1) is 18.3 Å². The van der Waals surface area contributed by atoms with E-state index >= 15 is 0 Å². The minimum absolute atomic E-state index is 0.0510. The molecular weight excluding hydrogens is 414 g/mol. The fourth-order valence-electron chi connectivity index (χ4n) is 4.50. The molecule has 0 aliphatic carbocycles. The summed E-state index contributed by atoms with van der Waals surface area (Å²) >= 11 is 3.54. The van der Waals surface area contributed by atoms with E-state index in [9.17, 15) is 9.90 Å². The Morgan fingerprint density at radius 2 is 1.80 bits per heavy atom. The Morgan fingerprint density at radius 1 is 0.967 bits per heavy atom. The van der Waals surface area contributed by atoms with Gasteiger partial charge in [-0.3, -0.25) is 9.69 Å². The zero-order valence-corrected chi connectivity index (χ0v) is 18.4. The van der Waals surface area contributed by atoms with E-state index in [1.54, 1.807) is 28.7 Å². The molecule has 2 aliphatic rings. The summed E-state index contributed by atoms with van der Waals surface area (Å²) in [5, 5.41) is 14.4. The van der Waals surface area contributed by atoms with Crippen molar-refractivity contribution in [1.29, 1.82) is 0 Å². The molecule has 30 heavy (non-hydrogen) atoms. The first-order valence-corrected chi connectivity index (χ1v) is 12.1. The number of hydrogen-bond donors (Lipinski definition) is 1. The molecule has 156 valence electrons. The van der Waals surface area contributed by atoms with Gasteiger partial charge in [-0.15, -0.1) is 22.7 Å². The Morgan fingerprint density at radius 3 is 2.57 bits per heavy atom. The number of fused-ring (bicyclic) bond motifs is 1. The van der Waals surface area contributed by atoms with Crippen LogP contribution in [0.25, 0.3) is 0 Å². The topological polar surface area (TPSA) is 47.0 Å². The molecule has 1 amide bonds. The fourth-order valence-corrected chi connectivity index (χ4v) is 6.26. The molecule has 3 aromatic rings. The Labute approximate surface area is 184 Å². The van der Waals surface area contributed by atoms with Gasteiger partial charge >= 0.3 is 0 Å². The molecule has 2 aliphatic heterocycles. The SMILES string of the molecule is O=C(CN1CCN(c2ccccc2O)CC1)N1CCc2sccc2[C@H]1c1cccs1. The van der Waals surface area contributed by atoms with Gasteiger partial charge in [0, 0.05) is 42.5 Å². The number of aromatic hydroxyl groups is 1. The summed E-state index contributed by atoms with van der Waals surface area (Å²) in [5.41, 5.74) is 2.17. The normalized spacial score (nSPS) is 19.7. The lowest BCUT2D eigenvalue weighted by Gasteiger charge is -2.39. The van der Waals surface area contributed by atoms with Crippen LogP contribution in [-0.2, 0) is 11.2 Å². The van der Waals surface area contributed by atoms with Crippen LogP contribution in [0.5, 0.6) is 5.75 Å². The van der Waals surface area contributed by atoms with Gasteiger partial charge in [0.2, 0.25) is 5.91 Å². The number of anilines is 1. The third-order valence-corrected chi connectivity index (χ3v) is 7.97. The summed E-state index contributed by atoms with van der Waals surface area (Å²) in [5.74, 6) is 0.530. The van der Waals surface area contributed by atoms with Crippen LogP contribution in [0, 0.1) is 0 Å². The molecular formula is C23H25N3O2S2. The van der Waals surface area contributed by atoms with Crippen LogP contribution >= 0.6 is 22.7 Å². The number of carbonyl (C=O) groups is 1. The minimum Gasteiger partial charge on any atom is -0.506 e. The van der Waals surface area contributed by atoms with Gasteiger partial charge in [-0.05, 0) is 47.0 Å². The molecule has 1 saturated heterocycles. The molecule has 1 N–H and O–H groups in total. The maximum absolute atomic E-state index is 13.3. The predicted molar refractivity (Wildman–Crippen MR) is 123 cm³/mol. The summed E-state index contributed by atoms with van der Waals surface area (Å²) < 4.78 is 0. The van der Waals surface area contributed by atoms with E-state index in [0.717, 1.165) is 44.8 Å². The summed E-state index contributed by atoms with van der Waals surface area (Å²) in [7, 11) is 0. The van der Waals surface area contributed by atoms with Crippen LogP contribution < -0.4 is 4.90 Å². The summed E-state index contributed by atoms with van der Waals surface area (Å²) in [4.78, 5) is 22.5. The number of benzene rings is 1. The molecule has 5 rings (SSSR count). The molecule has 1 atom stereocenters. The van der Waals surface area contributed by atoms with Crippen LogP contribution in [-0.4, -0.2) is 60.1 Å². The average Bonchev–Trinajstić information content (AvgIpc) is 3.46. The van der Waals surface area contributed by atoms with Gasteiger partial charge in [0.1, 0.15) is 5.75 Å². The highest BCUT2D eigenvalue weighted by Gasteiger charge is 2.34. The molecule has 0 saturated carbocycles. The number of nitrogens with zero attached hydrogens (tertiary/aromatic N) is 3. The maximum atomic E-state index is 13.3. The van der Waals surface area contributed by atoms with Gasteiger partial charge in [0.25, 0.3) is 0 Å². The van der Waals surface area contributed by atoms with E-state index in [1.165, 1.54) is 15.3 Å². The molecule has 0 radical (unpaired) electrons. The molecule has 1 fully saturated rings. The second-order valence-corrected chi connectivity index (χ2v) is 9.79. The number of phenolic OH excluding ortho intramolecular Hbond substituents is 1. The maximum Gasteiger partial charge on any atom is 0.237 e. The first kappa shape index (κ1) is 19.6. The third-order valence-electron chi connectivity index (χ3n) is 6.05. The minimum atomic E-state index is 0.0510. The zero-order chi connectivity index (χ0) is 20.5. The summed E-state index contributed by atoms with van der Waals surface area (Å²) in [6.45, 7) is 4.51. The predicted octanol–water partition coefficient (Wildman–Crippen LogP) is 3.81. The molecule has 7 heteroatoms. The van der Waals surface area contributed by atoms with Crippen molar-refractivity contribution in [2.45, 2.75) is 12.5 Å². The number of phenols is 1. The highest BCUT2D eigenvalue weighted by atomic mass is 32.1. The lowest BCUT2D eigenvalue weighted by molar-refractivity contribution is -0.134. The average molecular weight is 440 g/mol. The summed E-state index contributed by atoms with van der Waals surface area (Å²) in [6, 6.07) is 13.9. The first-order valence-electron chi connectivity index (χ1n) is 10.3. The summed E-state index contributed by atoms with van der Waals surface area (Å²) in [6.07, 6.45) is 0.946. The van der Waals surface area contributed by atoms with Crippen LogP contribution in [0.1, 0.15) is 21.4 Å². The number of hydrogen-bond acceptors (Lipinski definition) is 6. The number of para-hydroxylation sites is 2. The van der Waals surface area contributed by atoms with Crippen molar-refractivity contribution in [1.82, 2.24) is 9.80 Å². The largest absolute Gasteiger partial charge is 0.506 e. The zero-order valence-electron chi connectivity index (χ0n) is 16.7. The van der Waals surface area contributed by atoms with Crippen molar-refractivity contribution in [2.24, 2.45) is 0 Å². The standard InChI is InChI=1S/C23H25N3O2S2/c27-19-5-2-1-4-18(19)25-12-10-24(11-13-25)16-22(28)26-9-7-20-17(8-15-30-20)23(26)21-6-3-14-29-21/h1-6,8,14-15,23,27H,7,9-13,16H2/t23-/m0/s1. The van der Waals surface area contributed by atoms with Crippen molar-refractivity contribution in [2.75, 3.05) is 44.2 Å².